The standard InChI is InChI=1S/C7H14.C3H6/c1-7-5-3-2-4-6-7;1-2-3-1/h7H,2-6H2,1H3;1-3H2. The maximum atomic E-state index is 2.36. The molecule has 2 rings (SSSR count). The lowest BCUT2D eigenvalue weighted by atomic mass is 9.91. The number of hydrogen-bond donors (Lipinski definition) is 0. The van der Waals surface area contributed by atoms with Crippen molar-refractivity contribution in [3.05, 3.63) is 0 Å². The summed E-state index contributed by atoms with van der Waals surface area (Å²) >= 11 is 0. The van der Waals surface area contributed by atoms with E-state index in [1.54, 1.807) is 0 Å². The van der Waals surface area contributed by atoms with E-state index >= 15 is 0 Å². The zero-order chi connectivity index (χ0) is 7.23. The number of rotatable bonds is 0. The van der Waals surface area contributed by atoms with E-state index in [9.17, 15) is 0 Å². The average Bonchev–Trinajstić information content (AvgIpc) is 2.73. The summed E-state index contributed by atoms with van der Waals surface area (Å²) in [5, 5.41) is 0. The largest absolute Gasteiger partial charge is 0.0625 e. The second-order valence-electron chi connectivity index (χ2n) is 3.80. The minimum absolute atomic E-state index is 1.04. The molecule has 0 aromatic carbocycles. The Bertz CT molecular complexity index is 65.4. The van der Waals surface area contributed by atoms with Gasteiger partial charge in [-0.05, 0) is 5.92 Å². The first-order valence-corrected chi connectivity index (χ1v) is 4.89. The van der Waals surface area contributed by atoms with Crippen LogP contribution >= 0.6 is 0 Å². The van der Waals surface area contributed by atoms with Crippen LogP contribution in [0.4, 0.5) is 0 Å². The predicted octanol–water partition coefficient (Wildman–Crippen LogP) is 3.76. The van der Waals surface area contributed by atoms with E-state index in [2.05, 4.69) is 6.92 Å². The molecule has 0 amide bonds. The van der Waals surface area contributed by atoms with Crippen molar-refractivity contribution in [1.82, 2.24) is 0 Å². The fourth-order valence-corrected chi connectivity index (χ4v) is 1.31. The topological polar surface area (TPSA) is 0 Å². The molecule has 0 atom stereocenters. The van der Waals surface area contributed by atoms with Crippen LogP contribution in [0.1, 0.15) is 58.3 Å². The molecule has 0 heteroatoms. The molecular weight excluding hydrogens is 120 g/mol. The molecule has 0 saturated heterocycles. The van der Waals surface area contributed by atoms with Crippen LogP contribution in [0.15, 0.2) is 0 Å². The normalized spacial score (nSPS) is 24.9. The fraction of sp³-hybridized carbons (Fsp3) is 1.00. The van der Waals surface area contributed by atoms with Crippen molar-refractivity contribution in [2.45, 2.75) is 58.3 Å². The first-order chi connectivity index (χ1) is 4.89. The third-order valence-electron chi connectivity index (χ3n) is 2.25. The van der Waals surface area contributed by atoms with Crippen LogP contribution in [-0.4, -0.2) is 0 Å². The van der Waals surface area contributed by atoms with E-state index in [4.69, 9.17) is 0 Å². The van der Waals surface area contributed by atoms with Crippen molar-refractivity contribution >= 4 is 0 Å². The van der Waals surface area contributed by atoms with Gasteiger partial charge in [0, 0.05) is 0 Å². The SMILES string of the molecule is C1CC1.CC1CCCCC1. The van der Waals surface area contributed by atoms with Crippen molar-refractivity contribution < 1.29 is 0 Å². The first kappa shape index (κ1) is 8.10. The molecule has 0 aromatic rings. The Hall–Kier alpha value is 0. The van der Waals surface area contributed by atoms with E-state index in [0.717, 1.165) is 5.92 Å². The van der Waals surface area contributed by atoms with Gasteiger partial charge in [0.1, 0.15) is 0 Å². The van der Waals surface area contributed by atoms with Gasteiger partial charge in [-0.1, -0.05) is 58.3 Å². The molecule has 0 unspecified atom stereocenters. The lowest BCUT2D eigenvalue weighted by molar-refractivity contribution is 0.385. The van der Waals surface area contributed by atoms with Gasteiger partial charge in [-0.15, -0.1) is 0 Å². The summed E-state index contributed by atoms with van der Waals surface area (Å²) in [5.41, 5.74) is 0. The van der Waals surface area contributed by atoms with Crippen LogP contribution in [0, 0.1) is 5.92 Å². The predicted molar refractivity (Wildman–Crippen MR) is 46.1 cm³/mol. The molecule has 0 nitrogen and oxygen atoms in total. The summed E-state index contributed by atoms with van der Waals surface area (Å²) in [7, 11) is 0. The maximum absolute atomic E-state index is 2.36. The summed E-state index contributed by atoms with van der Waals surface area (Å²) in [5.74, 6) is 1.04. The first-order valence-electron chi connectivity index (χ1n) is 4.89. The second kappa shape index (κ2) is 4.76. The molecule has 60 valence electrons. The summed E-state index contributed by atoms with van der Waals surface area (Å²) in [4.78, 5) is 0. The van der Waals surface area contributed by atoms with Crippen LogP contribution in [0.3, 0.4) is 0 Å². The lowest BCUT2D eigenvalue weighted by Crippen LogP contribution is -1.99. The van der Waals surface area contributed by atoms with Gasteiger partial charge in [0.05, 0.1) is 0 Å². The van der Waals surface area contributed by atoms with E-state index in [1.165, 1.54) is 51.4 Å². The van der Waals surface area contributed by atoms with Crippen LogP contribution in [0.2, 0.25) is 0 Å². The Morgan fingerprint density at radius 2 is 1.10 bits per heavy atom. The van der Waals surface area contributed by atoms with Gasteiger partial charge >= 0.3 is 0 Å². The Kier molecular flexibility index (Phi) is 3.86. The Morgan fingerprint density at radius 1 is 0.700 bits per heavy atom. The van der Waals surface area contributed by atoms with Crippen molar-refractivity contribution in [2.24, 2.45) is 5.92 Å². The Balaban J connectivity index is 0.000000138. The molecule has 0 aliphatic heterocycles. The van der Waals surface area contributed by atoms with E-state index in [1.807, 2.05) is 0 Å². The van der Waals surface area contributed by atoms with Crippen molar-refractivity contribution in [3.63, 3.8) is 0 Å². The molecule has 2 fully saturated rings. The van der Waals surface area contributed by atoms with Gasteiger partial charge in [0.25, 0.3) is 0 Å². The molecule has 0 bridgehead atoms. The number of hydrogen-bond acceptors (Lipinski definition) is 0. The highest BCUT2D eigenvalue weighted by Crippen LogP contribution is 2.22. The second-order valence-corrected chi connectivity index (χ2v) is 3.80. The highest BCUT2D eigenvalue weighted by Gasteiger charge is 2.05. The minimum atomic E-state index is 1.04. The maximum Gasteiger partial charge on any atom is -0.0443 e. The van der Waals surface area contributed by atoms with Crippen LogP contribution in [0.5, 0.6) is 0 Å². The monoisotopic (exact) mass is 140 g/mol. The van der Waals surface area contributed by atoms with Gasteiger partial charge in [0.15, 0.2) is 0 Å². The molecule has 2 saturated carbocycles. The smallest absolute Gasteiger partial charge is 0.0443 e. The summed E-state index contributed by atoms with van der Waals surface area (Å²) in [6.45, 7) is 2.36. The molecular formula is C10H20. The molecule has 0 spiro atoms. The quantitative estimate of drug-likeness (QED) is 0.480. The minimum Gasteiger partial charge on any atom is -0.0625 e. The van der Waals surface area contributed by atoms with Crippen molar-refractivity contribution in [3.8, 4) is 0 Å². The molecule has 2 aliphatic carbocycles. The van der Waals surface area contributed by atoms with E-state index in [0.29, 0.717) is 0 Å². The Labute approximate surface area is 65.0 Å². The van der Waals surface area contributed by atoms with Crippen molar-refractivity contribution in [2.75, 3.05) is 0 Å². The fourth-order valence-electron chi connectivity index (χ4n) is 1.31. The van der Waals surface area contributed by atoms with Crippen LogP contribution in [-0.2, 0) is 0 Å². The van der Waals surface area contributed by atoms with Crippen LogP contribution in [0.25, 0.3) is 0 Å². The molecule has 0 N–H and O–H groups in total. The van der Waals surface area contributed by atoms with Gasteiger partial charge in [-0.3, -0.25) is 0 Å². The Morgan fingerprint density at radius 3 is 1.30 bits per heavy atom. The van der Waals surface area contributed by atoms with Crippen molar-refractivity contribution in [1.29, 1.82) is 0 Å². The lowest BCUT2D eigenvalue weighted by Gasteiger charge is -2.15. The zero-order valence-electron chi connectivity index (χ0n) is 7.23. The summed E-state index contributed by atoms with van der Waals surface area (Å²) in [6, 6.07) is 0. The van der Waals surface area contributed by atoms with Gasteiger partial charge < -0.3 is 0 Å². The summed E-state index contributed by atoms with van der Waals surface area (Å²) < 4.78 is 0. The van der Waals surface area contributed by atoms with Gasteiger partial charge in [0.2, 0.25) is 0 Å². The zero-order valence-corrected chi connectivity index (χ0v) is 7.23. The molecule has 0 heterocycles. The highest BCUT2D eigenvalue weighted by molar-refractivity contribution is 4.59. The highest BCUT2D eigenvalue weighted by atomic mass is 14.1. The summed E-state index contributed by atoms with van der Waals surface area (Å²) in [6.07, 6.45) is 11.9. The molecule has 0 aromatic heterocycles. The molecule has 2 aliphatic rings. The molecule has 0 radical (unpaired) electrons. The van der Waals surface area contributed by atoms with E-state index < -0.39 is 0 Å². The third kappa shape index (κ3) is 4.84. The third-order valence-corrected chi connectivity index (χ3v) is 2.25. The van der Waals surface area contributed by atoms with E-state index in [-0.39, 0.29) is 0 Å². The average molecular weight is 140 g/mol. The van der Waals surface area contributed by atoms with Crippen LogP contribution < -0.4 is 0 Å². The van der Waals surface area contributed by atoms with Gasteiger partial charge in [-0.2, -0.15) is 0 Å². The molecule has 10 heavy (non-hydrogen) atoms. The van der Waals surface area contributed by atoms with Gasteiger partial charge in [-0.25, -0.2) is 0 Å².